The number of nitrogens with one attached hydrogen (secondary N) is 2. The van der Waals surface area contributed by atoms with E-state index in [-0.39, 0.29) is 5.31 Å². The van der Waals surface area contributed by atoms with Crippen LogP contribution in [0.2, 0.25) is 1.41 Å². The van der Waals surface area contributed by atoms with Gasteiger partial charge in [0.1, 0.15) is 0 Å². The van der Waals surface area contributed by atoms with Gasteiger partial charge in [-0.2, -0.15) is 13.2 Å². The second-order valence-corrected chi connectivity index (χ2v) is 1.92. The molecule has 0 bridgehead atoms. The Labute approximate surface area is 61.7 Å². The Morgan fingerprint density at radius 2 is 2.18 bits per heavy atom. The molecule has 2 N–H and O–H groups in total. The molecule has 0 saturated heterocycles. The van der Waals surface area contributed by atoms with Gasteiger partial charge in [0, 0.05) is 12.4 Å². The van der Waals surface area contributed by atoms with Crippen LogP contribution in [-0.4, -0.2) is 18.1 Å². The Bertz CT molecular complexity index is 227. The molecule has 0 aromatic carbocycles. The van der Waals surface area contributed by atoms with E-state index in [4.69, 9.17) is 1.41 Å². The summed E-state index contributed by atoms with van der Waals surface area (Å²) in [5.74, 6) is -1.24. The van der Waals surface area contributed by atoms with Crippen LogP contribution >= 0.6 is 0 Å². The highest BCUT2D eigenvalue weighted by Crippen LogP contribution is 2.20. The molecule has 1 aliphatic heterocycles. The highest BCUT2D eigenvalue weighted by atomic mass is 19.4. The van der Waals surface area contributed by atoms with E-state index in [2.05, 4.69) is 0 Å². The molecule has 0 radical (unpaired) electrons. The van der Waals surface area contributed by atoms with Crippen LogP contribution < -0.4 is 10.6 Å². The SMILES string of the molecule is [2H]N1C=CNC(=O)C1C(F)(F)F. The standard InChI is InChI=1S/C5H5F3N2O/c6-5(7,8)3-4(11)10-2-1-9-3/h1-3,9H,(H,10,11)/i/hD. The van der Waals surface area contributed by atoms with Crippen molar-refractivity contribution in [2.45, 2.75) is 12.2 Å². The van der Waals surface area contributed by atoms with Crippen molar-refractivity contribution in [3.8, 4) is 0 Å². The fraction of sp³-hybridized carbons (Fsp3) is 0.400. The Kier molecular flexibility index (Phi) is 1.45. The predicted octanol–water partition coefficient (Wildman–Crippen LogP) is 0.108. The molecule has 1 heterocycles. The van der Waals surface area contributed by atoms with Crippen LogP contribution in [0.5, 0.6) is 0 Å². The van der Waals surface area contributed by atoms with Gasteiger partial charge in [-0.1, -0.05) is 0 Å². The van der Waals surface area contributed by atoms with Crippen LogP contribution in [0, 0.1) is 0 Å². The average molecular weight is 167 g/mol. The minimum Gasteiger partial charge on any atom is -0.371 e. The lowest BCUT2D eigenvalue weighted by Crippen LogP contribution is -2.52. The molecule has 0 fully saturated rings. The molecule has 11 heavy (non-hydrogen) atoms. The van der Waals surface area contributed by atoms with E-state index in [9.17, 15) is 18.0 Å². The summed E-state index contributed by atoms with van der Waals surface area (Å²) in [6.07, 6.45) is -2.90. The summed E-state index contributed by atoms with van der Waals surface area (Å²) in [5.41, 5.74) is 0. The maximum atomic E-state index is 12.0. The van der Waals surface area contributed by atoms with Gasteiger partial charge in [-0.05, 0) is 0 Å². The monoisotopic (exact) mass is 167 g/mol. The number of hydrogen-bond acceptors (Lipinski definition) is 2. The number of carbonyl (C=O) groups is 1. The van der Waals surface area contributed by atoms with Crippen LogP contribution in [0.1, 0.15) is 0 Å². The summed E-state index contributed by atoms with van der Waals surface area (Å²) in [5, 5.41) is 1.94. The van der Waals surface area contributed by atoms with Crippen molar-refractivity contribution in [1.82, 2.24) is 10.6 Å². The van der Waals surface area contributed by atoms with E-state index in [1.807, 2.05) is 5.32 Å². The molecular formula is C5H5F3N2O. The highest BCUT2D eigenvalue weighted by molar-refractivity contribution is 5.84. The third-order valence-electron chi connectivity index (χ3n) is 1.09. The minimum atomic E-state index is -4.71. The third kappa shape index (κ3) is 1.63. The molecule has 1 rings (SSSR count). The molecular weight excluding hydrogens is 161 g/mol. The first-order valence-electron chi connectivity index (χ1n) is 3.18. The maximum absolute atomic E-state index is 12.0. The molecule has 0 aromatic heterocycles. The maximum Gasteiger partial charge on any atom is 0.417 e. The van der Waals surface area contributed by atoms with Gasteiger partial charge < -0.3 is 10.6 Å². The van der Waals surface area contributed by atoms with E-state index in [1.54, 1.807) is 0 Å². The van der Waals surface area contributed by atoms with Crippen molar-refractivity contribution in [1.29, 1.82) is 0 Å². The molecule has 1 atom stereocenters. The summed E-state index contributed by atoms with van der Waals surface area (Å²) >= 11 is 0. The zero-order valence-corrected chi connectivity index (χ0v) is 5.22. The first-order chi connectivity index (χ1) is 5.43. The lowest BCUT2D eigenvalue weighted by atomic mass is 10.2. The van der Waals surface area contributed by atoms with Gasteiger partial charge in [0.15, 0.2) is 1.41 Å². The van der Waals surface area contributed by atoms with Crippen molar-refractivity contribution in [3.05, 3.63) is 12.4 Å². The topological polar surface area (TPSA) is 41.1 Å². The Hall–Kier alpha value is -1.20. The number of amides is 1. The Balaban J connectivity index is 2.87. The van der Waals surface area contributed by atoms with E-state index >= 15 is 0 Å². The van der Waals surface area contributed by atoms with Gasteiger partial charge in [-0.15, -0.1) is 0 Å². The minimum absolute atomic E-state index is 0.0683. The number of rotatable bonds is 0. The van der Waals surface area contributed by atoms with Crippen molar-refractivity contribution in [2.24, 2.45) is 0 Å². The predicted molar refractivity (Wildman–Crippen MR) is 30.3 cm³/mol. The normalized spacial score (nSPS) is 26.5. The van der Waals surface area contributed by atoms with E-state index in [0.29, 0.717) is 0 Å². The number of halogens is 3. The van der Waals surface area contributed by atoms with Gasteiger partial charge in [0.25, 0.3) is 5.91 Å². The zero-order valence-electron chi connectivity index (χ0n) is 6.22. The molecule has 3 nitrogen and oxygen atoms in total. The van der Waals surface area contributed by atoms with Crippen molar-refractivity contribution < 1.29 is 19.4 Å². The van der Waals surface area contributed by atoms with Crippen LogP contribution in [0.15, 0.2) is 12.4 Å². The van der Waals surface area contributed by atoms with Crippen molar-refractivity contribution in [3.63, 3.8) is 0 Å². The van der Waals surface area contributed by atoms with Crippen LogP contribution in [0.25, 0.3) is 0 Å². The van der Waals surface area contributed by atoms with Gasteiger partial charge >= 0.3 is 6.18 Å². The lowest BCUT2D eigenvalue weighted by Gasteiger charge is -2.21. The fourth-order valence-electron chi connectivity index (χ4n) is 0.628. The Morgan fingerprint density at radius 1 is 1.55 bits per heavy atom. The van der Waals surface area contributed by atoms with Crippen molar-refractivity contribution >= 4 is 5.91 Å². The average Bonchev–Trinajstić information content (AvgIpc) is 1.82. The van der Waals surface area contributed by atoms with E-state index in [1.165, 1.54) is 0 Å². The molecule has 0 aliphatic carbocycles. The number of carbonyl (C=O) groups excluding carboxylic acids is 1. The fourth-order valence-corrected chi connectivity index (χ4v) is 0.628. The van der Waals surface area contributed by atoms with E-state index < -0.39 is 18.1 Å². The first-order valence-corrected chi connectivity index (χ1v) is 2.74. The quantitative estimate of drug-likeness (QED) is 0.537. The zero-order chi connectivity index (χ0) is 9.35. The summed E-state index contributed by atoms with van der Waals surface area (Å²) in [4.78, 5) is 10.6. The van der Waals surface area contributed by atoms with Gasteiger partial charge in [0.05, 0.1) is 0 Å². The van der Waals surface area contributed by atoms with Gasteiger partial charge in [-0.3, -0.25) is 4.79 Å². The largest absolute Gasteiger partial charge is 0.417 e. The lowest BCUT2D eigenvalue weighted by molar-refractivity contribution is -0.167. The van der Waals surface area contributed by atoms with Gasteiger partial charge in [0.2, 0.25) is 6.04 Å². The van der Waals surface area contributed by atoms with Crippen LogP contribution in [0.4, 0.5) is 13.2 Å². The van der Waals surface area contributed by atoms with E-state index in [0.717, 1.165) is 12.4 Å². The smallest absolute Gasteiger partial charge is 0.371 e. The summed E-state index contributed by atoms with van der Waals surface area (Å²) in [6.45, 7) is 0. The first kappa shape index (κ1) is 6.51. The second kappa shape index (κ2) is 2.44. The third-order valence-corrected chi connectivity index (χ3v) is 1.09. The number of hydrogen-bond donors (Lipinski definition) is 2. The summed E-state index contributed by atoms with van der Waals surface area (Å²) < 4.78 is 42.7. The molecule has 0 spiro atoms. The van der Waals surface area contributed by atoms with Gasteiger partial charge in [-0.25, -0.2) is 0 Å². The highest BCUT2D eigenvalue weighted by Gasteiger charge is 2.45. The van der Waals surface area contributed by atoms with Crippen LogP contribution in [0.3, 0.4) is 0 Å². The molecule has 0 aromatic rings. The molecule has 1 amide bonds. The molecule has 6 heteroatoms. The Morgan fingerprint density at radius 3 is 2.55 bits per heavy atom. The molecule has 0 saturated carbocycles. The van der Waals surface area contributed by atoms with Crippen molar-refractivity contribution in [2.75, 3.05) is 0 Å². The summed E-state index contributed by atoms with van der Waals surface area (Å²) in [6, 6.07) is -2.40. The number of alkyl halides is 3. The molecule has 1 aliphatic rings. The molecule has 1 unspecified atom stereocenters. The summed E-state index contributed by atoms with van der Waals surface area (Å²) in [7, 11) is 0. The molecule has 62 valence electrons. The second-order valence-electron chi connectivity index (χ2n) is 1.92. The van der Waals surface area contributed by atoms with Crippen LogP contribution in [-0.2, 0) is 4.79 Å².